The third kappa shape index (κ3) is 2.72. The fraction of sp³-hybridized carbons (Fsp3) is 0.800. The molecule has 0 heterocycles. The van der Waals surface area contributed by atoms with Gasteiger partial charge in [0.2, 0.25) is 5.91 Å². The number of fused-ring (bicyclic) bond motifs is 1. The third-order valence-electron chi connectivity index (χ3n) is 4.75. The highest BCUT2D eigenvalue weighted by molar-refractivity contribution is 5.92. The van der Waals surface area contributed by atoms with E-state index in [9.17, 15) is 4.79 Å². The molecule has 2 rings (SSSR count). The lowest BCUT2D eigenvalue weighted by Gasteiger charge is -2.42. The van der Waals surface area contributed by atoms with E-state index in [2.05, 4.69) is 6.58 Å². The molecule has 2 nitrogen and oxygen atoms in total. The number of carbonyl (C=O) groups excluding carboxylic acids is 1. The van der Waals surface area contributed by atoms with Crippen molar-refractivity contribution in [3.63, 3.8) is 0 Å². The maximum absolute atomic E-state index is 11.9. The van der Waals surface area contributed by atoms with Crippen LogP contribution >= 0.6 is 0 Å². The minimum atomic E-state index is 0.129. The summed E-state index contributed by atoms with van der Waals surface area (Å²) in [4.78, 5) is 13.9. The summed E-state index contributed by atoms with van der Waals surface area (Å²) in [5.74, 6) is 1.96. The zero-order valence-corrected chi connectivity index (χ0v) is 11.2. The number of hydrogen-bond acceptors (Lipinski definition) is 1. The van der Waals surface area contributed by atoms with E-state index in [1.165, 1.54) is 44.9 Å². The molecule has 0 N–H and O–H groups in total. The van der Waals surface area contributed by atoms with E-state index in [1.54, 1.807) is 0 Å². The summed E-state index contributed by atoms with van der Waals surface area (Å²) in [5, 5.41) is 0. The van der Waals surface area contributed by atoms with Crippen LogP contribution in [0, 0.1) is 11.8 Å². The Kier molecular flexibility index (Phi) is 3.90. The smallest absolute Gasteiger partial charge is 0.248 e. The Labute approximate surface area is 105 Å². The molecule has 2 fully saturated rings. The number of rotatable bonds is 2. The Hall–Kier alpha value is -0.790. The van der Waals surface area contributed by atoms with E-state index in [0.29, 0.717) is 11.6 Å². The van der Waals surface area contributed by atoms with Crippen molar-refractivity contribution in [3.8, 4) is 0 Å². The second-order valence-corrected chi connectivity index (χ2v) is 5.97. The van der Waals surface area contributed by atoms with Gasteiger partial charge >= 0.3 is 0 Å². The third-order valence-corrected chi connectivity index (χ3v) is 4.75. The summed E-state index contributed by atoms with van der Waals surface area (Å²) in [6.07, 6.45) is 9.37. The van der Waals surface area contributed by atoms with Crippen molar-refractivity contribution in [2.24, 2.45) is 11.8 Å². The summed E-state index contributed by atoms with van der Waals surface area (Å²) in [5.41, 5.74) is 0.665. The van der Waals surface area contributed by atoms with Gasteiger partial charge in [-0.3, -0.25) is 4.79 Å². The average molecular weight is 235 g/mol. The summed E-state index contributed by atoms with van der Waals surface area (Å²) in [7, 11) is 1.95. The number of carbonyl (C=O) groups is 1. The predicted molar refractivity (Wildman–Crippen MR) is 70.7 cm³/mol. The molecule has 2 saturated carbocycles. The van der Waals surface area contributed by atoms with Crippen molar-refractivity contribution in [2.75, 3.05) is 7.05 Å². The highest BCUT2D eigenvalue weighted by Gasteiger charge is 2.34. The largest absolute Gasteiger partial charge is 0.339 e. The van der Waals surface area contributed by atoms with E-state index in [-0.39, 0.29) is 5.91 Å². The van der Waals surface area contributed by atoms with Gasteiger partial charge in [0.1, 0.15) is 0 Å². The molecule has 3 unspecified atom stereocenters. The van der Waals surface area contributed by atoms with E-state index < -0.39 is 0 Å². The molecule has 0 spiro atoms. The highest BCUT2D eigenvalue weighted by Crippen LogP contribution is 2.41. The summed E-state index contributed by atoms with van der Waals surface area (Å²) in [6, 6.07) is 0.457. The maximum atomic E-state index is 11.9. The SMILES string of the molecule is C=C(C)C(=O)N(C)C1CCC2CCCCC2C1. The minimum Gasteiger partial charge on any atom is -0.339 e. The van der Waals surface area contributed by atoms with Crippen molar-refractivity contribution < 1.29 is 4.79 Å². The minimum absolute atomic E-state index is 0.129. The van der Waals surface area contributed by atoms with E-state index >= 15 is 0 Å². The first-order valence-electron chi connectivity index (χ1n) is 7.02. The quantitative estimate of drug-likeness (QED) is 0.672. The van der Waals surface area contributed by atoms with Gasteiger partial charge in [-0.05, 0) is 38.0 Å². The molecule has 3 atom stereocenters. The predicted octanol–water partition coefficient (Wildman–Crippen LogP) is 3.38. The Balaban J connectivity index is 1.95. The first-order valence-corrected chi connectivity index (χ1v) is 7.02. The standard InChI is InChI=1S/C15H25NO/c1-11(2)15(17)16(3)14-9-8-12-6-4-5-7-13(12)10-14/h12-14H,1,4-10H2,2-3H3. The number of likely N-dealkylation sites (N-methyl/N-ethyl adjacent to an activating group) is 1. The topological polar surface area (TPSA) is 20.3 Å². The summed E-state index contributed by atoms with van der Waals surface area (Å²) in [6.45, 7) is 5.57. The van der Waals surface area contributed by atoms with Gasteiger partial charge < -0.3 is 4.90 Å². The van der Waals surface area contributed by atoms with Gasteiger partial charge in [0.25, 0.3) is 0 Å². The lowest BCUT2D eigenvalue weighted by Crippen LogP contribution is -2.43. The average Bonchev–Trinajstić information content (AvgIpc) is 2.36. The number of hydrogen-bond donors (Lipinski definition) is 0. The van der Waals surface area contributed by atoms with Crippen LogP contribution in [0.4, 0.5) is 0 Å². The van der Waals surface area contributed by atoms with Gasteiger partial charge in [0.05, 0.1) is 0 Å². The monoisotopic (exact) mass is 235 g/mol. The van der Waals surface area contributed by atoms with Crippen LogP contribution in [-0.2, 0) is 4.79 Å². The molecule has 0 saturated heterocycles. The van der Waals surface area contributed by atoms with Crippen molar-refractivity contribution >= 4 is 5.91 Å². The molecule has 2 aliphatic carbocycles. The van der Waals surface area contributed by atoms with Crippen LogP contribution in [0.1, 0.15) is 51.9 Å². The summed E-state index contributed by atoms with van der Waals surface area (Å²) < 4.78 is 0. The van der Waals surface area contributed by atoms with Crippen LogP contribution in [0.3, 0.4) is 0 Å². The van der Waals surface area contributed by atoms with Crippen LogP contribution in [0.25, 0.3) is 0 Å². The molecule has 2 aliphatic rings. The van der Waals surface area contributed by atoms with E-state index in [0.717, 1.165) is 11.8 Å². The Bertz CT molecular complexity index is 310. The van der Waals surface area contributed by atoms with Crippen molar-refractivity contribution in [3.05, 3.63) is 12.2 Å². The van der Waals surface area contributed by atoms with Crippen LogP contribution in [0.15, 0.2) is 12.2 Å². The fourth-order valence-corrected chi connectivity index (χ4v) is 3.67. The van der Waals surface area contributed by atoms with Gasteiger partial charge in [0, 0.05) is 18.7 Å². The van der Waals surface area contributed by atoms with Crippen molar-refractivity contribution in [1.82, 2.24) is 4.90 Å². The maximum Gasteiger partial charge on any atom is 0.248 e. The molecule has 1 amide bonds. The zero-order chi connectivity index (χ0) is 12.4. The molecule has 0 aliphatic heterocycles. The molecule has 2 heteroatoms. The number of amides is 1. The van der Waals surface area contributed by atoms with E-state index in [1.807, 2.05) is 18.9 Å². The van der Waals surface area contributed by atoms with Crippen LogP contribution in [0.5, 0.6) is 0 Å². The fourth-order valence-electron chi connectivity index (χ4n) is 3.67. The molecular formula is C15H25NO. The zero-order valence-electron chi connectivity index (χ0n) is 11.2. The molecule has 0 aromatic carbocycles. The van der Waals surface area contributed by atoms with Gasteiger partial charge in [-0.1, -0.05) is 32.3 Å². The van der Waals surface area contributed by atoms with Crippen molar-refractivity contribution in [1.29, 1.82) is 0 Å². The normalized spacial score (nSPS) is 32.7. The van der Waals surface area contributed by atoms with Gasteiger partial charge in [-0.25, -0.2) is 0 Å². The molecule has 0 aromatic heterocycles. The second kappa shape index (κ2) is 5.24. The molecule has 0 bridgehead atoms. The first-order chi connectivity index (χ1) is 8.09. The lowest BCUT2D eigenvalue weighted by molar-refractivity contribution is -0.129. The van der Waals surface area contributed by atoms with Crippen molar-refractivity contribution in [2.45, 2.75) is 57.9 Å². The molecular weight excluding hydrogens is 210 g/mol. The van der Waals surface area contributed by atoms with Crippen LogP contribution in [-0.4, -0.2) is 23.9 Å². The Morgan fingerprint density at radius 2 is 1.76 bits per heavy atom. The van der Waals surface area contributed by atoms with Gasteiger partial charge in [-0.15, -0.1) is 0 Å². The van der Waals surface area contributed by atoms with Crippen LogP contribution in [0.2, 0.25) is 0 Å². The number of nitrogens with zero attached hydrogens (tertiary/aromatic N) is 1. The van der Waals surface area contributed by atoms with E-state index in [4.69, 9.17) is 0 Å². The molecule has 96 valence electrons. The second-order valence-electron chi connectivity index (χ2n) is 5.97. The molecule has 0 aromatic rings. The molecule has 0 radical (unpaired) electrons. The highest BCUT2D eigenvalue weighted by atomic mass is 16.2. The summed E-state index contributed by atoms with van der Waals surface area (Å²) >= 11 is 0. The lowest BCUT2D eigenvalue weighted by atomic mass is 9.69. The van der Waals surface area contributed by atoms with Gasteiger partial charge in [0.15, 0.2) is 0 Å². The first kappa shape index (κ1) is 12.7. The van der Waals surface area contributed by atoms with Crippen LogP contribution < -0.4 is 0 Å². The Morgan fingerprint density at radius 1 is 1.12 bits per heavy atom. The Morgan fingerprint density at radius 3 is 2.41 bits per heavy atom. The molecule has 17 heavy (non-hydrogen) atoms. The van der Waals surface area contributed by atoms with Gasteiger partial charge in [-0.2, -0.15) is 0 Å².